The molecule has 176 valence electrons. The number of hydrogen-bond acceptors (Lipinski definition) is 5. The van der Waals surface area contributed by atoms with Gasteiger partial charge in [-0.15, -0.1) is 0 Å². The lowest BCUT2D eigenvalue weighted by molar-refractivity contribution is -0.965. The smallest absolute Gasteiger partial charge is 0.116 e. The van der Waals surface area contributed by atoms with Crippen molar-refractivity contribution in [3.05, 3.63) is 35.9 Å². The number of hydrogen-bond donors (Lipinski definition) is 1. The van der Waals surface area contributed by atoms with Crippen molar-refractivity contribution in [2.75, 3.05) is 32.5 Å². The van der Waals surface area contributed by atoms with E-state index >= 15 is 0 Å². The average Bonchev–Trinajstić information content (AvgIpc) is 3.28. The van der Waals surface area contributed by atoms with Crippen molar-refractivity contribution in [2.24, 2.45) is 11.8 Å². The molecule has 0 spiro atoms. The Bertz CT molecular complexity index is 791. The van der Waals surface area contributed by atoms with Crippen LogP contribution in [0, 0.1) is 11.8 Å². The number of rotatable bonds is 6. The summed E-state index contributed by atoms with van der Waals surface area (Å²) in [5.41, 5.74) is 0.216. The van der Waals surface area contributed by atoms with Gasteiger partial charge in [-0.2, -0.15) is 0 Å². The summed E-state index contributed by atoms with van der Waals surface area (Å²) in [6.45, 7) is 8.95. The van der Waals surface area contributed by atoms with Gasteiger partial charge in [0.15, 0.2) is 0 Å². The fourth-order valence-electron chi connectivity index (χ4n) is 5.88. The van der Waals surface area contributed by atoms with Gasteiger partial charge in [0.25, 0.3) is 0 Å². The molecular formula is C24H39NO5S. The highest BCUT2D eigenvalue weighted by Gasteiger charge is 2.49. The predicted molar refractivity (Wildman–Crippen MR) is 120 cm³/mol. The molecule has 6 nitrogen and oxygen atoms in total. The molecule has 1 N–H and O–H groups in total. The molecule has 3 saturated heterocycles. The summed E-state index contributed by atoms with van der Waals surface area (Å²) in [6, 6.07) is 11.0. The van der Waals surface area contributed by atoms with Crippen molar-refractivity contribution in [1.29, 1.82) is 0 Å². The van der Waals surface area contributed by atoms with Crippen LogP contribution in [0.1, 0.15) is 57.9 Å². The fraction of sp³-hybridized carbons (Fsp3) is 0.750. The van der Waals surface area contributed by atoms with E-state index in [1.54, 1.807) is 0 Å². The molecule has 4 fully saturated rings. The zero-order valence-electron chi connectivity index (χ0n) is 19.2. The lowest BCUT2D eigenvalue weighted by atomic mass is 9.79. The highest BCUT2D eigenvalue weighted by Crippen LogP contribution is 2.43. The molecule has 0 aromatic heterocycles. The SMILES string of the molecule is CC(C)[N+]12CCC(CC1)C(OCC(O)(c1ccccc1)C1CCCC1)C2.CS(=O)(=O)[O-]. The number of fused-ring (bicyclic) bond motifs is 3. The van der Waals surface area contributed by atoms with E-state index in [2.05, 4.69) is 26.0 Å². The fourth-order valence-corrected chi connectivity index (χ4v) is 5.88. The van der Waals surface area contributed by atoms with Gasteiger partial charge in [0, 0.05) is 25.0 Å². The van der Waals surface area contributed by atoms with Gasteiger partial charge in [0.05, 0.1) is 35.9 Å². The van der Waals surface area contributed by atoms with Gasteiger partial charge in [-0.1, -0.05) is 43.2 Å². The Morgan fingerprint density at radius 3 is 2.19 bits per heavy atom. The van der Waals surface area contributed by atoms with E-state index in [9.17, 15) is 5.11 Å². The van der Waals surface area contributed by atoms with Gasteiger partial charge in [0.2, 0.25) is 0 Å². The summed E-state index contributed by atoms with van der Waals surface area (Å²) in [7, 11) is -3.92. The van der Waals surface area contributed by atoms with Crippen LogP contribution in [0.2, 0.25) is 0 Å². The number of benzene rings is 1. The van der Waals surface area contributed by atoms with E-state index in [0.29, 0.717) is 36.8 Å². The molecule has 2 atom stereocenters. The van der Waals surface area contributed by atoms with Crippen LogP contribution in [0.5, 0.6) is 0 Å². The summed E-state index contributed by atoms with van der Waals surface area (Å²) >= 11 is 0. The summed E-state index contributed by atoms with van der Waals surface area (Å²) in [5.74, 6) is 1.02. The third-order valence-electron chi connectivity index (χ3n) is 7.88. The maximum absolute atomic E-state index is 11.7. The first-order valence-electron chi connectivity index (χ1n) is 11.7. The van der Waals surface area contributed by atoms with Gasteiger partial charge in [-0.25, -0.2) is 8.42 Å². The molecule has 1 aliphatic carbocycles. The molecule has 3 aliphatic heterocycles. The average molecular weight is 454 g/mol. The Kier molecular flexibility index (Phi) is 7.85. The largest absolute Gasteiger partial charge is 0.748 e. The van der Waals surface area contributed by atoms with Crippen LogP contribution in [-0.2, 0) is 20.5 Å². The van der Waals surface area contributed by atoms with E-state index in [4.69, 9.17) is 17.7 Å². The summed E-state index contributed by atoms with van der Waals surface area (Å²) < 4.78 is 35.0. The lowest BCUT2D eigenvalue weighted by Crippen LogP contribution is -2.67. The van der Waals surface area contributed by atoms with E-state index in [1.807, 2.05) is 18.2 Å². The van der Waals surface area contributed by atoms with Crippen molar-refractivity contribution < 1.29 is 27.3 Å². The second-order valence-electron chi connectivity index (χ2n) is 10.1. The third-order valence-corrected chi connectivity index (χ3v) is 7.88. The number of quaternary nitrogens is 1. The normalized spacial score (nSPS) is 30.6. The molecule has 4 aliphatic rings. The Morgan fingerprint density at radius 1 is 1.13 bits per heavy atom. The van der Waals surface area contributed by atoms with Crippen LogP contribution < -0.4 is 0 Å². The maximum atomic E-state index is 11.7. The number of ether oxygens (including phenoxy) is 1. The molecule has 0 radical (unpaired) electrons. The molecule has 1 aromatic rings. The highest BCUT2D eigenvalue weighted by atomic mass is 32.2. The minimum atomic E-state index is -3.92. The molecular weight excluding hydrogens is 414 g/mol. The van der Waals surface area contributed by atoms with Gasteiger partial charge in [-0.3, -0.25) is 0 Å². The highest BCUT2D eigenvalue weighted by molar-refractivity contribution is 7.84. The zero-order valence-corrected chi connectivity index (χ0v) is 20.0. The van der Waals surface area contributed by atoms with Crippen LogP contribution in [0.25, 0.3) is 0 Å². The van der Waals surface area contributed by atoms with Gasteiger partial charge in [0.1, 0.15) is 18.2 Å². The minimum Gasteiger partial charge on any atom is -0.748 e. The predicted octanol–water partition coefficient (Wildman–Crippen LogP) is 3.26. The van der Waals surface area contributed by atoms with Crippen molar-refractivity contribution in [3.8, 4) is 0 Å². The summed E-state index contributed by atoms with van der Waals surface area (Å²) in [5, 5.41) is 11.7. The Labute approximate surface area is 187 Å². The lowest BCUT2D eigenvalue weighted by Gasteiger charge is -2.55. The molecule has 0 amide bonds. The van der Waals surface area contributed by atoms with E-state index in [-0.39, 0.29) is 0 Å². The van der Waals surface area contributed by atoms with Gasteiger partial charge < -0.3 is 18.9 Å². The van der Waals surface area contributed by atoms with Gasteiger partial charge in [-0.05, 0) is 38.2 Å². The standard InChI is InChI=1S/C23H36NO2.CH4O3S/c1-18(2)24-14-12-19(13-15-24)22(16-24)26-17-23(25,21-10-6-7-11-21)20-8-4-3-5-9-20;1-5(2,3)4/h3-5,8-9,18-19,21-22,25H,6-7,10-17H2,1-2H3;1H3,(H,2,3,4)/q+1;/p-1. The topological polar surface area (TPSA) is 86.7 Å². The molecule has 31 heavy (non-hydrogen) atoms. The van der Waals surface area contributed by atoms with Crippen molar-refractivity contribution in [3.63, 3.8) is 0 Å². The first-order valence-corrected chi connectivity index (χ1v) is 13.5. The van der Waals surface area contributed by atoms with Crippen LogP contribution in [0.15, 0.2) is 30.3 Å². The van der Waals surface area contributed by atoms with Crippen LogP contribution in [0.3, 0.4) is 0 Å². The van der Waals surface area contributed by atoms with Crippen molar-refractivity contribution >= 4 is 10.1 Å². The molecule has 3 heterocycles. The third kappa shape index (κ3) is 6.08. The van der Waals surface area contributed by atoms with E-state index in [0.717, 1.165) is 24.9 Å². The number of aliphatic hydroxyl groups is 1. The Morgan fingerprint density at radius 2 is 1.68 bits per heavy atom. The summed E-state index contributed by atoms with van der Waals surface area (Å²) in [4.78, 5) is 0. The number of nitrogens with zero attached hydrogens (tertiary/aromatic N) is 1. The second kappa shape index (κ2) is 9.87. The molecule has 1 saturated carbocycles. The van der Waals surface area contributed by atoms with Crippen molar-refractivity contribution in [1.82, 2.24) is 0 Å². The summed E-state index contributed by atoms with van der Waals surface area (Å²) in [6.07, 6.45) is 8.21. The van der Waals surface area contributed by atoms with Gasteiger partial charge >= 0.3 is 0 Å². The van der Waals surface area contributed by atoms with Crippen LogP contribution >= 0.6 is 0 Å². The van der Waals surface area contributed by atoms with Crippen LogP contribution in [-0.4, -0.2) is 67.2 Å². The zero-order chi connectivity index (χ0) is 22.7. The maximum Gasteiger partial charge on any atom is 0.116 e. The second-order valence-corrected chi connectivity index (χ2v) is 11.5. The number of piperidine rings is 3. The molecule has 1 aromatic carbocycles. The monoisotopic (exact) mass is 453 g/mol. The molecule has 7 heteroatoms. The van der Waals surface area contributed by atoms with Crippen LogP contribution in [0.4, 0.5) is 0 Å². The molecule has 5 rings (SSSR count). The Balaban J connectivity index is 0.000000491. The first-order chi connectivity index (χ1) is 14.5. The molecule has 2 bridgehead atoms. The quantitative estimate of drug-likeness (QED) is 0.528. The molecule has 2 unspecified atom stereocenters. The Hall–Kier alpha value is -0.990. The van der Waals surface area contributed by atoms with E-state index < -0.39 is 15.7 Å². The minimum absolute atomic E-state index is 0.316. The van der Waals surface area contributed by atoms with Crippen molar-refractivity contribution in [2.45, 2.75) is 70.1 Å². The first kappa shape index (κ1) is 24.6. The van der Waals surface area contributed by atoms with E-state index in [1.165, 1.54) is 43.3 Å².